The predicted molar refractivity (Wildman–Crippen MR) is 98.5 cm³/mol. The van der Waals surface area contributed by atoms with Gasteiger partial charge in [0.05, 0.1) is 23.1 Å². The summed E-state index contributed by atoms with van der Waals surface area (Å²) in [7, 11) is 0. The topological polar surface area (TPSA) is 43.9 Å². The van der Waals surface area contributed by atoms with Gasteiger partial charge in [-0.1, -0.05) is 32.6 Å². The van der Waals surface area contributed by atoms with Crippen molar-refractivity contribution in [3.05, 3.63) is 34.6 Å². The average molecular weight is 311 g/mol. The monoisotopic (exact) mass is 311 g/mol. The van der Waals surface area contributed by atoms with E-state index in [9.17, 15) is 0 Å². The molecule has 1 fully saturated rings. The number of aromatic nitrogens is 2. The molecular weight excluding hydrogens is 282 g/mol. The highest BCUT2D eigenvalue weighted by Gasteiger charge is 2.14. The van der Waals surface area contributed by atoms with Crippen LogP contribution in [0.25, 0.3) is 11.4 Å². The third-order valence-electron chi connectivity index (χ3n) is 5.24. The molecule has 1 aliphatic carbocycles. The first-order valence-electron chi connectivity index (χ1n) is 9.09. The maximum Gasteiger partial charge on any atom is 0.0657 e. The van der Waals surface area contributed by atoms with Crippen LogP contribution in [0.1, 0.15) is 68.0 Å². The van der Waals surface area contributed by atoms with Crippen molar-refractivity contribution < 1.29 is 0 Å². The van der Waals surface area contributed by atoms with Crippen molar-refractivity contribution in [2.24, 2.45) is 4.99 Å². The number of aliphatic imine (C=N–C) groups is 1. The normalized spacial score (nSPS) is 17.0. The molecule has 1 aliphatic rings. The van der Waals surface area contributed by atoms with Gasteiger partial charge < -0.3 is 9.97 Å². The van der Waals surface area contributed by atoms with Gasteiger partial charge in [0.1, 0.15) is 0 Å². The minimum absolute atomic E-state index is 0.515. The van der Waals surface area contributed by atoms with Crippen molar-refractivity contribution >= 4 is 6.21 Å². The van der Waals surface area contributed by atoms with E-state index in [0.717, 1.165) is 12.1 Å². The van der Waals surface area contributed by atoms with E-state index >= 15 is 0 Å². The van der Waals surface area contributed by atoms with Crippen molar-refractivity contribution in [1.82, 2.24) is 9.97 Å². The standard InChI is InChI=1S/C20H29N3/c1-4-16-11-12-18(22-16)20-15(3)14(2)19(23-20)13-21-17-9-7-5-6-8-10-17/h11-13,17,22-23H,4-10H2,1-3H3. The number of nitrogens with zero attached hydrogens (tertiary/aromatic N) is 1. The Labute approximate surface area is 139 Å². The Balaban J connectivity index is 1.81. The van der Waals surface area contributed by atoms with Crippen LogP contribution in [0.15, 0.2) is 17.1 Å². The minimum atomic E-state index is 0.515. The lowest BCUT2D eigenvalue weighted by molar-refractivity contribution is 0.588. The van der Waals surface area contributed by atoms with E-state index < -0.39 is 0 Å². The Bertz CT molecular complexity index is 667. The summed E-state index contributed by atoms with van der Waals surface area (Å²) in [5, 5.41) is 0. The van der Waals surface area contributed by atoms with Crippen LogP contribution in [0.3, 0.4) is 0 Å². The Kier molecular flexibility index (Phi) is 5.04. The molecular formula is C20H29N3. The molecule has 0 unspecified atom stereocenters. The van der Waals surface area contributed by atoms with Crippen LogP contribution in [-0.4, -0.2) is 22.2 Å². The summed E-state index contributed by atoms with van der Waals surface area (Å²) in [5.41, 5.74) is 7.44. The summed E-state index contributed by atoms with van der Waals surface area (Å²) in [6.07, 6.45) is 11.0. The first-order valence-corrected chi connectivity index (χ1v) is 9.09. The van der Waals surface area contributed by atoms with E-state index in [0.29, 0.717) is 6.04 Å². The molecule has 0 saturated heterocycles. The minimum Gasteiger partial charge on any atom is -0.357 e. The largest absolute Gasteiger partial charge is 0.357 e. The molecule has 0 radical (unpaired) electrons. The molecule has 2 N–H and O–H groups in total. The molecule has 1 saturated carbocycles. The van der Waals surface area contributed by atoms with E-state index in [1.807, 2.05) is 0 Å². The van der Waals surface area contributed by atoms with Gasteiger partial charge in [-0.25, -0.2) is 0 Å². The highest BCUT2D eigenvalue weighted by molar-refractivity contribution is 5.83. The third kappa shape index (κ3) is 3.60. The Morgan fingerprint density at radius 2 is 1.78 bits per heavy atom. The fourth-order valence-corrected chi connectivity index (χ4v) is 3.49. The first kappa shape index (κ1) is 16.1. The highest BCUT2D eigenvalue weighted by atomic mass is 14.8. The van der Waals surface area contributed by atoms with Crippen LogP contribution >= 0.6 is 0 Å². The van der Waals surface area contributed by atoms with Crippen LogP contribution in [-0.2, 0) is 6.42 Å². The SMILES string of the molecule is CCc1ccc(-c2[nH]c(C=NC3CCCCCC3)c(C)c2C)[nH]1. The van der Waals surface area contributed by atoms with Gasteiger partial charge >= 0.3 is 0 Å². The van der Waals surface area contributed by atoms with E-state index in [-0.39, 0.29) is 0 Å². The maximum absolute atomic E-state index is 4.88. The van der Waals surface area contributed by atoms with Crippen LogP contribution in [0.2, 0.25) is 0 Å². The van der Waals surface area contributed by atoms with Gasteiger partial charge in [-0.2, -0.15) is 0 Å². The van der Waals surface area contributed by atoms with E-state index in [1.165, 1.54) is 66.7 Å². The number of rotatable bonds is 4. The molecule has 3 rings (SSSR count). The number of aromatic amines is 2. The molecule has 124 valence electrons. The van der Waals surface area contributed by atoms with Crippen LogP contribution < -0.4 is 0 Å². The van der Waals surface area contributed by atoms with Crippen LogP contribution in [0, 0.1) is 13.8 Å². The van der Waals surface area contributed by atoms with Crippen molar-refractivity contribution in [1.29, 1.82) is 0 Å². The zero-order valence-corrected chi connectivity index (χ0v) is 14.7. The van der Waals surface area contributed by atoms with Gasteiger partial charge in [0.2, 0.25) is 0 Å². The van der Waals surface area contributed by atoms with Gasteiger partial charge in [0.25, 0.3) is 0 Å². The first-order chi connectivity index (χ1) is 11.2. The van der Waals surface area contributed by atoms with Crippen molar-refractivity contribution in [3.8, 4) is 11.4 Å². The number of aryl methyl sites for hydroxylation is 1. The van der Waals surface area contributed by atoms with E-state index in [4.69, 9.17) is 4.99 Å². The number of hydrogen-bond acceptors (Lipinski definition) is 1. The number of nitrogens with one attached hydrogen (secondary N) is 2. The van der Waals surface area contributed by atoms with Gasteiger partial charge in [-0.3, -0.25) is 4.99 Å². The molecule has 0 aliphatic heterocycles. The molecule has 2 aromatic heterocycles. The molecule has 0 atom stereocenters. The number of H-pyrrole nitrogens is 2. The molecule has 0 amide bonds. The van der Waals surface area contributed by atoms with Gasteiger partial charge in [0, 0.05) is 11.9 Å². The van der Waals surface area contributed by atoms with E-state index in [2.05, 4.69) is 49.1 Å². The third-order valence-corrected chi connectivity index (χ3v) is 5.24. The summed E-state index contributed by atoms with van der Waals surface area (Å²) in [6.45, 7) is 6.55. The summed E-state index contributed by atoms with van der Waals surface area (Å²) in [5.74, 6) is 0. The lowest BCUT2D eigenvalue weighted by Crippen LogP contribution is -2.03. The Hall–Kier alpha value is -1.77. The summed E-state index contributed by atoms with van der Waals surface area (Å²) >= 11 is 0. The second-order valence-electron chi connectivity index (χ2n) is 6.84. The van der Waals surface area contributed by atoms with Gasteiger partial charge in [-0.05, 0) is 56.4 Å². The van der Waals surface area contributed by atoms with Gasteiger partial charge in [-0.15, -0.1) is 0 Å². The summed E-state index contributed by atoms with van der Waals surface area (Å²) in [6, 6.07) is 4.86. The quantitative estimate of drug-likeness (QED) is 0.566. The van der Waals surface area contributed by atoms with Crippen molar-refractivity contribution in [2.45, 2.75) is 71.8 Å². The Morgan fingerprint density at radius 1 is 1.04 bits per heavy atom. The predicted octanol–water partition coefficient (Wildman–Crippen LogP) is 5.33. The summed E-state index contributed by atoms with van der Waals surface area (Å²) < 4.78 is 0. The molecule has 0 aromatic carbocycles. The average Bonchev–Trinajstić information content (AvgIpc) is 3.03. The second kappa shape index (κ2) is 7.20. The zero-order valence-electron chi connectivity index (χ0n) is 14.7. The zero-order chi connectivity index (χ0) is 16.2. The lowest BCUT2D eigenvalue weighted by Gasteiger charge is -2.07. The molecule has 23 heavy (non-hydrogen) atoms. The molecule has 3 heteroatoms. The Morgan fingerprint density at radius 3 is 2.43 bits per heavy atom. The number of hydrogen-bond donors (Lipinski definition) is 2. The molecule has 2 heterocycles. The molecule has 0 bridgehead atoms. The fourth-order valence-electron chi connectivity index (χ4n) is 3.49. The van der Waals surface area contributed by atoms with Crippen LogP contribution in [0.5, 0.6) is 0 Å². The van der Waals surface area contributed by atoms with Crippen LogP contribution in [0.4, 0.5) is 0 Å². The van der Waals surface area contributed by atoms with Gasteiger partial charge in [0.15, 0.2) is 0 Å². The van der Waals surface area contributed by atoms with Crippen molar-refractivity contribution in [2.75, 3.05) is 0 Å². The highest BCUT2D eigenvalue weighted by Crippen LogP contribution is 2.26. The fraction of sp³-hybridized carbons (Fsp3) is 0.550. The van der Waals surface area contributed by atoms with Crippen molar-refractivity contribution in [3.63, 3.8) is 0 Å². The van der Waals surface area contributed by atoms with E-state index in [1.54, 1.807) is 0 Å². The second-order valence-corrected chi connectivity index (χ2v) is 6.84. The molecule has 2 aromatic rings. The lowest BCUT2D eigenvalue weighted by atomic mass is 10.1. The maximum atomic E-state index is 4.88. The summed E-state index contributed by atoms with van der Waals surface area (Å²) in [4.78, 5) is 12.0. The smallest absolute Gasteiger partial charge is 0.0657 e. The molecule has 3 nitrogen and oxygen atoms in total. The molecule has 0 spiro atoms.